The predicted molar refractivity (Wildman–Crippen MR) is 121 cm³/mol. The van der Waals surface area contributed by atoms with E-state index >= 15 is 0 Å². The fourth-order valence-corrected chi connectivity index (χ4v) is 3.86. The molecule has 0 aromatic heterocycles. The molecule has 34 heavy (non-hydrogen) atoms. The van der Waals surface area contributed by atoms with E-state index in [0.29, 0.717) is 12.8 Å². The third-order valence-corrected chi connectivity index (χ3v) is 5.70. The maximum atomic E-state index is 13.0. The van der Waals surface area contributed by atoms with Crippen molar-refractivity contribution in [2.45, 2.75) is 63.7 Å². The lowest BCUT2D eigenvalue weighted by molar-refractivity contribution is -0.150. The van der Waals surface area contributed by atoms with Crippen molar-refractivity contribution in [2.75, 3.05) is 6.54 Å². The lowest BCUT2D eigenvalue weighted by Crippen LogP contribution is -2.59. The molecule has 11 nitrogen and oxygen atoms in total. The largest absolute Gasteiger partial charge is 0.481 e. The number of carbonyl (C=O) groups excluding carboxylic acids is 3. The Labute approximate surface area is 197 Å². The second kappa shape index (κ2) is 12.1. The van der Waals surface area contributed by atoms with Crippen LogP contribution in [-0.4, -0.2) is 75.5 Å². The number of carboxylic acid groups (broad SMARTS) is 2. The standard InChI is InChI=1S/C23H32N4O7/c1-13(2)19(22(32)27-10-6-9-17(27)23(33)34)26-21(31)16(12-18(28)29)25-20(30)15(24)11-14-7-4-3-5-8-14/h3-5,7-8,13,15-17,19H,6,9-12,24H2,1-2H3,(H,25,30)(H,26,31)(H,28,29)(H,33,34). The van der Waals surface area contributed by atoms with E-state index in [9.17, 15) is 34.2 Å². The number of benzene rings is 1. The van der Waals surface area contributed by atoms with Gasteiger partial charge in [0.15, 0.2) is 0 Å². The van der Waals surface area contributed by atoms with Gasteiger partial charge in [0.1, 0.15) is 18.1 Å². The molecule has 0 bridgehead atoms. The van der Waals surface area contributed by atoms with E-state index < -0.39 is 66.2 Å². The quantitative estimate of drug-likeness (QED) is 0.289. The number of rotatable bonds is 11. The maximum absolute atomic E-state index is 13.0. The third-order valence-electron chi connectivity index (χ3n) is 5.70. The molecule has 0 saturated carbocycles. The fraction of sp³-hybridized carbons (Fsp3) is 0.522. The van der Waals surface area contributed by atoms with Gasteiger partial charge in [0.25, 0.3) is 0 Å². The topological polar surface area (TPSA) is 179 Å². The van der Waals surface area contributed by atoms with Crippen LogP contribution in [0.3, 0.4) is 0 Å². The molecule has 4 unspecified atom stereocenters. The highest BCUT2D eigenvalue weighted by Crippen LogP contribution is 2.20. The Morgan fingerprint density at radius 3 is 2.26 bits per heavy atom. The first kappa shape index (κ1) is 26.8. The molecule has 1 aliphatic heterocycles. The summed E-state index contributed by atoms with van der Waals surface area (Å²) in [5.74, 6) is -4.98. The minimum absolute atomic E-state index is 0.187. The van der Waals surface area contributed by atoms with Gasteiger partial charge in [0, 0.05) is 6.54 Å². The summed E-state index contributed by atoms with van der Waals surface area (Å²) in [7, 11) is 0. The molecule has 0 radical (unpaired) electrons. The molecule has 1 aromatic carbocycles. The third kappa shape index (κ3) is 7.27. The number of nitrogens with one attached hydrogen (secondary N) is 2. The molecule has 2 rings (SSSR count). The number of likely N-dealkylation sites (tertiary alicyclic amines) is 1. The van der Waals surface area contributed by atoms with Gasteiger partial charge in [-0.15, -0.1) is 0 Å². The number of hydrogen-bond donors (Lipinski definition) is 5. The molecule has 6 N–H and O–H groups in total. The molecule has 186 valence electrons. The number of carboxylic acids is 2. The minimum Gasteiger partial charge on any atom is -0.481 e. The molecule has 1 aliphatic rings. The van der Waals surface area contributed by atoms with Crippen molar-refractivity contribution in [3.8, 4) is 0 Å². The van der Waals surface area contributed by atoms with Crippen LogP contribution in [-0.2, 0) is 30.4 Å². The zero-order valence-corrected chi connectivity index (χ0v) is 19.3. The van der Waals surface area contributed by atoms with Crippen molar-refractivity contribution in [3.05, 3.63) is 35.9 Å². The maximum Gasteiger partial charge on any atom is 0.326 e. The summed E-state index contributed by atoms with van der Waals surface area (Å²) in [6.07, 6.45) is 0.318. The van der Waals surface area contributed by atoms with Crippen LogP contribution in [0.4, 0.5) is 0 Å². The molecule has 1 saturated heterocycles. The molecule has 11 heteroatoms. The van der Waals surface area contributed by atoms with Crippen molar-refractivity contribution < 1.29 is 34.2 Å². The average molecular weight is 477 g/mol. The lowest BCUT2D eigenvalue weighted by atomic mass is 10.0. The van der Waals surface area contributed by atoms with Crippen LogP contribution in [0, 0.1) is 5.92 Å². The number of aliphatic carboxylic acids is 2. The Morgan fingerprint density at radius 2 is 1.71 bits per heavy atom. The lowest BCUT2D eigenvalue weighted by Gasteiger charge is -2.30. The Bertz CT molecular complexity index is 906. The summed E-state index contributed by atoms with van der Waals surface area (Å²) in [4.78, 5) is 62.6. The van der Waals surface area contributed by atoms with Gasteiger partial charge in [-0.1, -0.05) is 44.2 Å². The van der Waals surface area contributed by atoms with Gasteiger partial charge in [-0.3, -0.25) is 19.2 Å². The molecule has 3 amide bonds. The number of carbonyl (C=O) groups is 5. The van der Waals surface area contributed by atoms with E-state index in [1.807, 2.05) is 6.07 Å². The van der Waals surface area contributed by atoms with E-state index in [1.54, 1.807) is 38.1 Å². The summed E-state index contributed by atoms with van der Waals surface area (Å²) in [5, 5.41) is 23.5. The molecule has 1 fully saturated rings. The molecule has 1 heterocycles. The number of hydrogen-bond acceptors (Lipinski definition) is 6. The minimum atomic E-state index is -1.46. The normalized spacial score (nSPS) is 18.1. The first-order chi connectivity index (χ1) is 16.0. The van der Waals surface area contributed by atoms with Crippen LogP contribution in [0.1, 0.15) is 38.7 Å². The van der Waals surface area contributed by atoms with Gasteiger partial charge in [0.2, 0.25) is 17.7 Å². The van der Waals surface area contributed by atoms with Crippen molar-refractivity contribution >= 4 is 29.7 Å². The fourth-order valence-electron chi connectivity index (χ4n) is 3.86. The van der Waals surface area contributed by atoms with Crippen molar-refractivity contribution in [2.24, 2.45) is 11.7 Å². The summed E-state index contributed by atoms with van der Waals surface area (Å²) in [6, 6.07) is 4.43. The highest BCUT2D eigenvalue weighted by molar-refractivity contribution is 5.96. The van der Waals surface area contributed by atoms with Gasteiger partial charge in [-0.05, 0) is 30.7 Å². The Morgan fingerprint density at radius 1 is 1.06 bits per heavy atom. The first-order valence-corrected chi connectivity index (χ1v) is 11.2. The summed E-state index contributed by atoms with van der Waals surface area (Å²) < 4.78 is 0. The highest BCUT2D eigenvalue weighted by atomic mass is 16.4. The average Bonchev–Trinajstić information content (AvgIpc) is 3.27. The molecule has 0 aliphatic carbocycles. The molecule has 0 spiro atoms. The number of nitrogens with zero attached hydrogens (tertiary/aromatic N) is 1. The Kier molecular flexibility index (Phi) is 9.55. The van der Waals surface area contributed by atoms with Gasteiger partial charge in [-0.25, -0.2) is 4.79 Å². The summed E-state index contributed by atoms with van der Waals surface area (Å²) >= 11 is 0. The molecule has 1 aromatic rings. The molecule has 4 atom stereocenters. The monoisotopic (exact) mass is 476 g/mol. The van der Waals surface area contributed by atoms with Crippen LogP contribution in [0.2, 0.25) is 0 Å². The van der Waals surface area contributed by atoms with Crippen LogP contribution < -0.4 is 16.4 Å². The van der Waals surface area contributed by atoms with Crippen LogP contribution in [0.25, 0.3) is 0 Å². The Hall–Kier alpha value is -3.47. The van der Waals surface area contributed by atoms with Crippen molar-refractivity contribution in [3.63, 3.8) is 0 Å². The van der Waals surface area contributed by atoms with E-state index in [1.165, 1.54) is 4.90 Å². The molecular formula is C23H32N4O7. The zero-order valence-electron chi connectivity index (χ0n) is 19.3. The van der Waals surface area contributed by atoms with E-state index in [-0.39, 0.29) is 13.0 Å². The molecular weight excluding hydrogens is 444 g/mol. The van der Waals surface area contributed by atoms with Crippen LogP contribution in [0.5, 0.6) is 0 Å². The van der Waals surface area contributed by atoms with Gasteiger partial charge >= 0.3 is 11.9 Å². The van der Waals surface area contributed by atoms with Crippen LogP contribution >= 0.6 is 0 Å². The van der Waals surface area contributed by atoms with E-state index in [4.69, 9.17) is 5.73 Å². The Balaban J connectivity index is 2.11. The van der Waals surface area contributed by atoms with Gasteiger partial charge < -0.3 is 31.5 Å². The van der Waals surface area contributed by atoms with Crippen molar-refractivity contribution in [1.82, 2.24) is 15.5 Å². The number of amides is 3. The van der Waals surface area contributed by atoms with Crippen LogP contribution in [0.15, 0.2) is 30.3 Å². The zero-order chi connectivity index (χ0) is 25.4. The second-order valence-corrected chi connectivity index (χ2v) is 8.71. The summed E-state index contributed by atoms with van der Waals surface area (Å²) in [5.41, 5.74) is 6.74. The first-order valence-electron chi connectivity index (χ1n) is 11.2. The van der Waals surface area contributed by atoms with E-state index in [0.717, 1.165) is 5.56 Å². The number of nitrogens with two attached hydrogens (primary N) is 1. The summed E-state index contributed by atoms with van der Waals surface area (Å²) in [6.45, 7) is 3.60. The highest BCUT2D eigenvalue weighted by Gasteiger charge is 2.39. The smallest absolute Gasteiger partial charge is 0.326 e. The van der Waals surface area contributed by atoms with Gasteiger partial charge in [0.05, 0.1) is 12.5 Å². The van der Waals surface area contributed by atoms with Gasteiger partial charge in [-0.2, -0.15) is 0 Å². The SMILES string of the molecule is CC(C)C(NC(=O)C(CC(=O)O)NC(=O)C(N)Cc1ccccc1)C(=O)N1CCCC1C(=O)O. The van der Waals surface area contributed by atoms with Crippen molar-refractivity contribution in [1.29, 1.82) is 0 Å². The van der Waals surface area contributed by atoms with E-state index in [2.05, 4.69) is 10.6 Å². The predicted octanol–water partition coefficient (Wildman–Crippen LogP) is -0.268. The second-order valence-electron chi connectivity index (χ2n) is 8.71.